The molecule has 0 aromatic heterocycles. The van der Waals surface area contributed by atoms with Crippen molar-refractivity contribution < 1.29 is 19.1 Å². The monoisotopic (exact) mass is 387 g/mol. The Balaban J connectivity index is 1.50. The Morgan fingerprint density at radius 1 is 1.04 bits per heavy atom. The smallest absolute Gasteiger partial charge is 0.309 e. The quantitative estimate of drug-likeness (QED) is 0.702. The van der Waals surface area contributed by atoms with Gasteiger partial charge >= 0.3 is 5.97 Å². The lowest BCUT2D eigenvalue weighted by molar-refractivity contribution is -0.149. The van der Waals surface area contributed by atoms with Crippen LogP contribution >= 0.6 is 0 Å². The van der Waals surface area contributed by atoms with Crippen LogP contribution in [0.5, 0.6) is 0 Å². The maximum Gasteiger partial charge on any atom is 0.309 e. The van der Waals surface area contributed by atoms with Crippen LogP contribution in [0.1, 0.15) is 38.2 Å². The molecule has 7 heteroatoms. The number of benzene rings is 1. The molecule has 3 rings (SSSR count). The van der Waals surface area contributed by atoms with Crippen molar-refractivity contribution in [2.24, 2.45) is 11.8 Å². The van der Waals surface area contributed by atoms with Gasteiger partial charge < -0.3 is 15.4 Å². The van der Waals surface area contributed by atoms with Gasteiger partial charge in [-0.25, -0.2) is 0 Å². The van der Waals surface area contributed by atoms with Crippen LogP contribution in [0, 0.1) is 18.8 Å². The molecular formula is C21H29N3O4. The third-order valence-corrected chi connectivity index (χ3v) is 5.39. The number of amides is 2. The van der Waals surface area contributed by atoms with Gasteiger partial charge in [-0.05, 0) is 70.3 Å². The van der Waals surface area contributed by atoms with Crippen LogP contribution in [0.25, 0.3) is 0 Å². The molecule has 7 nitrogen and oxygen atoms in total. The average molecular weight is 387 g/mol. The van der Waals surface area contributed by atoms with Crippen LogP contribution < -0.4 is 10.6 Å². The van der Waals surface area contributed by atoms with Crippen molar-refractivity contribution in [1.29, 1.82) is 0 Å². The summed E-state index contributed by atoms with van der Waals surface area (Å²) in [5.74, 6) is -0.102. The molecule has 28 heavy (non-hydrogen) atoms. The molecule has 2 aliphatic rings. The minimum absolute atomic E-state index is 0.0519. The third kappa shape index (κ3) is 5.32. The van der Waals surface area contributed by atoms with E-state index in [0.717, 1.165) is 24.1 Å². The van der Waals surface area contributed by atoms with Gasteiger partial charge in [0.05, 0.1) is 19.1 Å². The molecule has 0 spiro atoms. The molecule has 1 aliphatic carbocycles. The number of nitrogens with one attached hydrogen (secondary N) is 2. The first kappa shape index (κ1) is 20.3. The van der Waals surface area contributed by atoms with E-state index in [9.17, 15) is 14.4 Å². The molecule has 0 radical (unpaired) electrons. The predicted molar refractivity (Wildman–Crippen MR) is 107 cm³/mol. The highest BCUT2D eigenvalue weighted by molar-refractivity contribution is 5.97. The van der Waals surface area contributed by atoms with Crippen LogP contribution in [0.4, 0.5) is 11.4 Å². The number of ether oxygens (including phenoxy) is 1. The Morgan fingerprint density at radius 2 is 1.68 bits per heavy atom. The SMILES string of the molecule is CCOC(=O)C1CCN(CC(=O)Nc2cccc(NC(=O)C3CC3)c2C)CC1. The van der Waals surface area contributed by atoms with Crippen molar-refractivity contribution in [3.05, 3.63) is 23.8 Å². The summed E-state index contributed by atoms with van der Waals surface area (Å²) >= 11 is 0. The molecule has 2 fully saturated rings. The molecule has 2 N–H and O–H groups in total. The summed E-state index contributed by atoms with van der Waals surface area (Å²) in [6.45, 7) is 5.80. The van der Waals surface area contributed by atoms with Crippen LogP contribution in [-0.2, 0) is 19.1 Å². The number of carbonyl (C=O) groups excluding carboxylic acids is 3. The molecule has 0 unspecified atom stereocenters. The molecule has 152 valence electrons. The van der Waals surface area contributed by atoms with E-state index in [4.69, 9.17) is 4.74 Å². The first-order chi connectivity index (χ1) is 13.5. The lowest BCUT2D eigenvalue weighted by Gasteiger charge is -2.30. The van der Waals surface area contributed by atoms with Crippen molar-refractivity contribution in [3.8, 4) is 0 Å². The highest BCUT2D eigenvalue weighted by Crippen LogP contribution is 2.31. The Labute approximate surface area is 165 Å². The van der Waals surface area contributed by atoms with Crippen LogP contribution in [0.3, 0.4) is 0 Å². The number of rotatable bonds is 7. The molecule has 1 aliphatic heterocycles. The van der Waals surface area contributed by atoms with Gasteiger partial charge in [0, 0.05) is 17.3 Å². The lowest BCUT2D eigenvalue weighted by atomic mass is 9.97. The molecular weight excluding hydrogens is 358 g/mol. The Morgan fingerprint density at radius 3 is 2.29 bits per heavy atom. The highest BCUT2D eigenvalue weighted by Gasteiger charge is 2.30. The van der Waals surface area contributed by atoms with Crippen LogP contribution in [0.2, 0.25) is 0 Å². The maximum absolute atomic E-state index is 12.5. The predicted octanol–water partition coefficient (Wildman–Crippen LogP) is 2.56. The van der Waals surface area contributed by atoms with E-state index >= 15 is 0 Å². The largest absolute Gasteiger partial charge is 0.466 e. The normalized spacial score (nSPS) is 17.8. The van der Waals surface area contributed by atoms with Gasteiger partial charge in [0.2, 0.25) is 11.8 Å². The zero-order chi connectivity index (χ0) is 20.1. The Bertz CT molecular complexity index is 737. The van der Waals surface area contributed by atoms with E-state index in [-0.39, 0.29) is 36.2 Å². The van der Waals surface area contributed by atoms with Gasteiger partial charge in [-0.2, -0.15) is 0 Å². The summed E-state index contributed by atoms with van der Waals surface area (Å²) in [5.41, 5.74) is 2.30. The highest BCUT2D eigenvalue weighted by atomic mass is 16.5. The van der Waals surface area contributed by atoms with Gasteiger partial charge in [-0.1, -0.05) is 6.07 Å². The Hall–Kier alpha value is -2.41. The van der Waals surface area contributed by atoms with Crippen LogP contribution in [0.15, 0.2) is 18.2 Å². The summed E-state index contributed by atoms with van der Waals surface area (Å²) in [7, 11) is 0. The topological polar surface area (TPSA) is 87.7 Å². The van der Waals surface area contributed by atoms with E-state index in [0.29, 0.717) is 38.2 Å². The summed E-state index contributed by atoms with van der Waals surface area (Å²) in [5, 5.41) is 5.90. The van der Waals surface area contributed by atoms with Gasteiger partial charge in [-0.15, -0.1) is 0 Å². The first-order valence-corrected chi connectivity index (χ1v) is 10.1. The summed E-state index contributed by atoms with van der Waals surface area (Å²) in [6, 6.07) is 5.52. The van der Waals surface area contributed by atoms with Crippen molar-refractivity contribution in [2.75, 3.05) is 36.9 Å². The molecule has 0 atom stereocenters. The molecule has 2 amide bonds. The van der Waals surface area contributed by atoms with Gasteiger partial charge in [-0.3, -0.25) is 19.3 Å². The van der Waals surface area contributed by atoms with Gasteiger partial charge in [0.25, 0.3) is 0 Å². The number of anilines is 2. The van der Waals surface area contributed by atoms with Crippen molar-refractivity contribution in [2.45, 2.75) is 39.5 Å². The molecule has 1 saturated heterocycles. The van der Waals surface area contributed by atoms with E-state index < -0.39 is 0 Å². The van der Waals surface area contributed by atoms with Crippen molar-refractivity contribution in [1.82, 2.24) is 4.90 Å². The van der Waals surface area contributed by atoms with E-state index in [1.165, 1.54) is 0 Å². The van der Waals surface area contributed by atoms with Crippen molar-refractivity contribution >= 4 is 29.2 Å². The lowest BCUT2D eigenvalue weighted by Crippen LogP contribution is -2.41. The minimum atomic E-state index is -0.132. The number of likely N-dealkylation sites (tertiary alicyclic amines) is 1. The second-order valence-electron chi connectivity index (χ2n) is 7.59. The van der Waals surface area contributed by atoms with Crippen molar-refractivity contribution in [3.63, 3.8) is 0 Å². The third-order valence-electron chi connectivity index (χ3n) is 5.39. The molecule has 1 heterocycles. The molecule has 0 bridgehead atoms. The van der Waals surface area contributed by atoms with Crippen LogP contribution in [-0.4, -0.2) is 48.9 Å². The minimum Gasteiger partial charge on any atom is -0.466 e. The zero-order valence-electron chi connectivity index (χ0n) is 16.6. The average Bonchev–Trinajstić information content (AvgIpc) is 3.51. The fourth-order valence-corrected chi connectivity index (χ4v) is 3.47. The van der Waals surface area contributed by atoms with E-state index in [1.807, 2.05) is 32.0 Å². The standard InChI is InChI=1S/C21H29N3O4/c1-3-28-21(27)16-9-11-24(12-10-16)13-19(25)22-17-5-4-6-18(14(17)2)23-20(26)15-7-8-15/h4-6,15-16H,3,7-13H2,1-2H3,(H,22,25)(H,23,26). The summed E-state index contributed by atoms with van der Waals surface area (Å²) < 4.78 is 5.08. The number of nitrogens with zero attached hydrogens (tertiary/aromatic N) is 1. The maximum atomic E-state index is 12.5. The fraction of sp³-hybridized carbons (Fsp3) is 0.571. The molecule has 1 saturated carbocycles. The number of esters is 1. The number of hydrogen-bond donors (Lipinski definition) is 2. The second kappa shape index (κ2) is 9.19. The summed E-state index contributed by atoms with van der Waals surface area (Å²) in [6.07, 6.45) is 3.34. The number of hydrogen-bond acceptors (Lipinski definition) is 5. The van der Waals surface area contributed by atoms with Gasteiger partial charge in [0.15, 0.2) is 0 Å². The van der Waals surface area contributed by atoms with E-state index in [2.05, 4.69) is 15.5 Å². The molecule has 1 aromatic carbocycles. The fourth-order valence-electron chi connectivity index (χ4n) is 3.47. The number of piperidine rings is 1. The second-order valence-corrected chi connectivity index (χ2v) is 7.59. The van der Waals surface area contributed by atoms with Gasteiger partial charge in [0.1, 0.15) is 0 Å². The first-order valence-electron chi connectivity index (χ1n) is 10.1. The Kier molecular flexibility index (Phi) is 6.67. The summed E-state index contributed by atoms with van der Waals surface area (Å²) in [4.78, 5) is 38.3. The molecule has 1 aromatic rings. The zero-order valence-corrected chi connectivity index (χ0v) is 16.6. The van der Waals surface area contributed by atoms with E-state index in [1.54, 1.807) is 0 Å². The number of carbonyl (C=O) groups is 3.